The fourth-order valence-electron chi connectivity index (χ4n) is 1.95. The number of anilines is 1. The van der Waals surface area contributed by atoms with E-state index in [1.54, 1.807) is 32.0 Å². The lowest BCUT2D eigenvalue weighted by atomic mass is 10.2. The van der Waals surface area contributed by atoms with Gasteiger partial charge in [-0.3, -0.25) is 14.3 Å². The minimum absolute atomic E-state index is 0.174. The van der Waals surface area contributed by atoms with E-state index in [-0.39, 0.29) is 17.4 Å². The number of rotatable bonds is 4. The smallest absolute Gasteiger partial charge is 0.330 e. The zero-order valence-corrected chi connectivity index (χ0v) is 11.4. The Kier molecular flexibility index (Phi) is 3.93. The predicted octanol–water partition coefficient (Wildman–Crippen LogP) is 1.44. The maximum Gasteiger partial charge on any atom is 0.330 e. The van der Waals surface area contributed by atoms with Crippen LogP contribution >= 0.6 is 0 Å². The molecule has 3 N–H and O–H groups in total. The van der Waals surface area contributed by atoms with Gasteiger partial charge in [-0.25, -0.2) is 4.79 Å². The van der Waals surface area contributed by atoms with Crippen molar-refractivity contribution in [2.45, 2.75) is 26.4 Å². The van der Waals surface area contributed by atoms with Gasteiger partial charge in [-0.15, -0.1) is 0 Å². The lowest BCUT2D eigenvalue weighted by Gasteiger charge is -2.10. The molecule has 0 radical (unpaired) electrons. The first kappa shape index (κ1) is 13.9. The quantitative estimate of drug-likeness (QED) is 0.788. The second-order valence-electron chi connectivity index (χ2n) is 4.81. The van der Waals surface area contributed by atoms with Crippen molar-refractivity contribution in [3.8, 4) is 5.75 Å². The molecule has 1 aromatic heterocycles. The second-order valence-corrected chi connectivity index (χ2v) is 4.81. The first-order valence-corrected chi connectivity index (χ1v) is 6.35. The lowest BCUT2D eigenvalue weighted by molar-refractivity contribution is 0.474. The van der Waals surface area contributed by atoms with Gasteiger partial charge in [0.25, 0.3) is 5.56 Å². The lowest BCUT2D eigenvalue weighted by Crippen LogP contribution is -2.36. The number of aromatic amines is 1. The SMILES string of the molecule is CC(C)n1c(=O)cc(NCc2cccc(O)c2)[nH]c1=O. The Hall–Kier alpha value is -2.50. The normalized spacial score (nSPS) is 10.8. The Morgan fingerprint density at radius 2 is 2.05 bits per heavy atom. The van der Waals surface area contributed by atoms with E-state index >= 15 is 0 Å². The van der Waals surface area contributed by atoms with Crippen molar-refractivity contribution < 1.29 is 5.11 Å². The molecule has 0 unspecified atom stereocenters. The molecule has 0 aliphatic rings. The zero-order chi connectivity index (χ0) is 14.7. The molecule has 0 spiro atoms. The fourth-order valence-corrected chi connectivity index (χ4v) is 1.95. The van der Waals surface area contributed by atoms with Crippen molar-refractivity contribution in [2.75, 3.05) is 5.32 Å². The minimum Gasteiger partial charge on any atom is -0.508 e. The summed E-state index contributed by atoms with van der Waals surface area (Å²) in [6.07, 6.45) is 0. The van der Waals surface area contributed by atoms with Gasteiger partial charge in [-0.05, 0) is 31.5 Å². The molecule has 0 saturated heterocycles. The second kappa shape index (κ2) is 5.64. The van der Waals surface area contributed by atoms with Crippen LogP contribution in [0.1, 0.15) is 25.5 Å². The predicted molar refractivity (Wildman–Crippen MR) is 77.1 cm³/mol. The van der Waals surface area contributed by atoms with Crippen LogP contribution in [0.3, 0.4) is 0 Å². The molecule has 20 heavy (non-hydrogen) atoms. The maximum atomic E-state index is 11.8. The third-order valence-corrected chi connectivity index (χ3v) is 2.88. The summed E-state index contributed by atoms with van der Waals surface area (Å²) in [5, 5.41) is 12.3. The summed E-state index contributed by atoms with van der Waals surface area (Å²) in [6, 6.07) is 7.91. The Labute approximate surface area is 115 Å². The standard InChI is InChI=1S/C14H17N3O3/c1-9(2)17-13(19)7-12(16-14(17)20)15-8-10-4-3-5-11(18)6-10/h3-7,9,15,18H,8H2,1-2H3,(H,16,20). The van der Waals surface area contributed by atoms with Crippen LogP contribution in [0, 0.1) is 0 Å². The molecule has 0 bridgehead atoms. The van der Waals surface area contributed by atoms with Gasteiger partial charge in [0.15, 0.2) is 0 Å². The summed E-state index contributed by atoms with van der Waals surface area (Å²) >= 11 is 0. The summed E-state index contributed by atoms with van der Waals surface area (Å²) in [5.74, 6) is 0.535. The van der Waals surface area contributed by atoms with Crippen molar-refractivity contribution in [3.63, 3.8) is 0 Å². The summed E-state index contributed by atoms with van der Waals surface area (Å²) in [6.45, 7) is 3.95. The largest absolute Gasteiger partial charge is 0.508 e. The highest BCUT2D eigenvalue weighted by Crippen LogP contribution is 2.11. The minimum atomic E-state index is -0.439. The number of aromatic hydroxyl groups is 1. The zero-order valence-electron chi connectivity index (χ0n) is 11.4. The van der Waals surface area contributed by atoms with Gasteiger partial charge >= 0.3 is 5.69 Å². The van der Waals surface area contributed by atoms with Crippen LogP contribution in [0.15, 0.2) is 39.9 Å². The summed E-state index contributed by atoms with van der Waals surface area (Å²) in [5.41, 5.74) is 0.0620. The molecule has 0 fully saturated rings. The summed E-state index contributed by atoms with van der Waals surface area (Å²) < 4.78 is 1.15. The highest BCUT2D eigenvalue weighted by Gasteiger charge is 2.07. The average Bonchev–Trinajstić information content (AvgIpc) is 2.35. The van der Waals surface area contributed by atoms with Crippen LogP contribution in [-0.4, -0.2) is 14.7 Å². The fraction of sp³-hybridized carbons (Fsp3) is 0.286. The third kappa shape index (κ3) is 3.09. The van der Waals surface area contributed by atoms with Crippen molar-refractivity contribution in [2.24, 2.45) is 0 Å². The molecule has 0 saturated carbocycles. The maximum absolute atomic E-state index is 11.8. The molecule has 0 aliphatic carbocycles. The Morgan fingerprint density at radius 1 is 1.30 bits per heavy atom. The highest BCUT2D eigenvalue weighted by molar-refractivity contribution is 5.35. The molecule has 0 atom stereocenters. The van der Waals surface area contributed by atoms with Crippen LogP contribution in [0.25, 0.3) is 0 Å². The van der Waals surface area contributed by atoms with Crippen molar-refractivity contribution in [3.05, 3.63) is 56.7 Å². The molecule has 0 amide bonds. The van der Waals surface area contributed by atoms with E-state index in [1.165, 1.54) is 6.07 Å². The molecular weight excluding hydrogens is 258 g/mol. The number of phenolic OH excluding ortho intramolecular Hbond substituents is 1. The van der Waals surface area contributed by atoms with Gasteiger partial charge in [0, 0.05) is 18.7 Å². The molecular formula is C14H17N3O3. The molecule has 6 nitrogen and oxygen atoms in total. The van der Waals surface area contributed by atoms with E-state index in [0.717, 1.165) is 10.1 Å². The van der Waals surface area contributed by atoms with Crippen LogP contribution in [0.4, 0.5) is 5.82 Å². The van der Waals surface area contributed by atoms with Gasteiger partial charge in [0.2, 0.25) is 0 Å². The first-order valence-electron chi connectivity index (χ1n) is 6.35. The van der Waals surface area contributed by atoms with Gasteiger partial charge in [-0.2, -0.15) is 0 Å². The summed E-state index contributed by atoms with van der Waals surface area (Å²) in [4.78, 5) is 26.2. The van der Waals surface area contributed by atoms with Crippen LogP contribution < -0.4 is 16.6 Å². The number of nitrogens with zero attached hydrogens (tertiary/aromatic N) is 1. The molecule has 0 aliphatic heterocycles. The number of hydrogen-bond donors (Lipinski definition) is 3. The van der Waals surface area contributed by atoms with E-state index in [1.807, 2.05) is 6.07 Å². The Balaban J connectivity index is 2.19. The average molecular weight is 275 g/mol. The van der Waals surface area contributed by atoms with Crippen LogP contribution in [0.5, 0.6) is 5.75 Å². The first-order chi connectivity index (χ1) is 9.47. The van der Waals surface area contributed by atoms with Crippen molar-refractivity contribution >= 4 is 5.82 Å². The number of phenols is 1. The molecule has 1 aromatic carbocycles. The van der Waals surface area contributed by atoms with Gasteiger partial charge in [0.05, 0.1) is 0 Å². The number of H-pyrrole nitrogens is 1. The number of benzene rings is 1. The third-order valence-electron chi connectivity index (χ3n) is 2.88. The number of nitrogens with one attached hydrogen (secondary N) is 2. The van der Waals surface area contributed by atoms with Crippen LogP contribution in [0.2, 0.25) is 0 Å². The monoisotopic (exact) mass is 275 g/mol. The molecule has 2 aromatic rings. The van der Waals surface area contributed by atoms with E-state index in [9.17, 15) is 14.7 Å². The van der Waals surface area contributed by atoms with Gasteiger partial charge < -0.3 is 10.4 Å². The molecule has 2 rings (SSSR count). The van der Waals surface area contributed by atoms with E-state index < -0.39 is 5.69 Å². The number of hydrogen-bond acceptors (Lipinski definition) is 4. The Morgan fingerprint density at radius 3 is 2.65 bits per heavy atom. The van der Waals surface area contributed by atoms with Gasteiger partial charge in [-0.1, -0.05) is 12.1 Å². The summed E-state index contributed by atoms with van der Waals surface area (Å²) in [7, 11) is 0. The van der Waals surface area contributed by atoms with Gasteiger partial charge in [0.1, 0.15) is 11.6 Å². The van der Waals surface area contributed by atoms with E-state index in [0.29, 0.717) is 12.4 Å². The molecule has 1 heterocycles. The Bertz CT molecular complexity index is 685. The van der Waals surface area contributed by atoms with E-state index in [4.69, 9.17) is 0 Å². The topological polar surface area (TPSA) is 87.1 Å². The molecule has 6 heteroatoms. The number of aromatic nitrogens is 2. The van der Waals surface area contributed by atoms with Crippen LogP contribution in [-0.2, 0) is 6.54 Å². The van der Waals surface area contributed by atoms with Crippen molar-refractivity contribution in [1.29, 1.82) is 0 Å². The highest BCUT2D eigenvalue weighted by atomic mass is 16.3. The van der Waals surface area contributed by atoms with E-state index in [2.05, 4.69) is 10.3 Å². The van der Waals surface area contributed by atoms with Crippen molar-refractivity contribution in [1.82, 2.24) is 9.55 Å². The molecule has 106 valence electrons.